The summed E-state index contributed by atoms with van der Waals surface area (Å²) in [5.41, 5.74) is 6.78. The number of carbonyl (C=O) groups is 3. The molecule has 4 N–H and O–H groups in total. The molecule has 0 bridgehead atoms. The highest BCUT2D eigenvalue weighted by atomic mass is 16.5. The third-order valence-corrected chi connectivity index (χ3v) is 4.31. The lowest BCUT2D eigenvalue weighted by molar-refractivity contribution is -0.139. The van der Waals surface area contributed by atoms with Crippen LogP contribution in [0.3, 0.4) is 0 Å². The highest BCUT2D eigenvalue weighted by molar-refractivity contribution is 5.96. The summed E-state index contributed by atoms with van der Waals surface area (Å²) in [7, 11) is 0. The number of rotatable bonds is 7. The van der Waals surface area contributed by atoms with Crippen molar-refractivity contribution in [3.63, 3.8) is 0 Å². The molecule has 1 aliphatic rings. The van der Waals surface area contributed by atoms with E-state index in [0.717, 1.165) is 5.56 Å². The zero-order chi connectivity index (χ0) is 20.8. The van der Waals surface area contributed by atoms with Crippen LogP contribution in [0.4, 0.5) is 4.79 Å². The summed E-state index contributed by atoms with van der Waals surface area (Å²) in [6.07, 6.45) is 0. The van der Waals surface area contributed by atoms with Gasteiger partial charge >= 0.3 is 12.0 Å². The van der Waals surface area contributed by atoms with Gasteiger partial charge in [0.15, 0.2) is 0 Å². The van der Waals surface area contributed by atoms with E-state index in [2.05, 4.69) is 10.6 Å². The van der Waals surface area contributed by atoms with Gasteiger partial charge in [0.1, 0.15) is 12.4 Å². The Balaban J connectivity index is 1.98. The summed E-state index contributed by atoms with van der Waals surface area (Å²) in [4.78, 5) is 36.5. The predicted octanol–water partition coefficient (Wildman–Crippen LogP) is 2.04. The quantitative estimate of drug-likeness (QED) is 0.620. The smallest absolute Gasteiger partial charge is 0.338 e. The molecule has 3 rings (SSSR count). The fourth-order valence-corrected chi connectivity index (χ4v) is 3.02. The van der Waals surface area contributed by atoms with E-state index >= 15 is 0 Å². The number of carbonyl (C=O) groups excluding carboxylic acids is 3. The number of nitrogens with two attached hydrogens (primary N) is 1. The van der Waals surface area contributed by atoms with Gasteiger partial charge in [-0.05, 0) is 24.6 Å². The molecule has 0 saturated heterocycles. The van der Waals surface area contributed by atoms with Crippen LogP contribution in [-0.4, -0.2) is 31.1 Å². The molecule has 1 atom stereocenters. The van der Waals surface area contributed by atoms with Crippen LogP contribution in [-0.2, 0) is 9.53 Å². The van der Waals surface area contributed by atoms with Gasteiger partial charge in [0.05, 0.1) is 29.5 Å². The first kappa shape index (κ1) is 19.9. The van der Waals surface area contributed by atoms with Crippen LogP contribution >= 0.6 is 0 Å². The molecule has 8 nitrogen and oxygen atoms in total. The number of nitrogens with one attached hydrogen (secondary N) is 2. The van der Waals surface area contributed by atoms with Gasteiger partial charge in [-0.3, -0.25) is 4.79 Å². The van der Waals surface area contributed by atoms with Crippen molar-refractivity contribution in [3.8, 4) is 5.75 Å². The van der Waals surface area contributed by atoms with Crippen molar-refractivity contribution in [2.24, 2.45) is 5.73 Å². The number of amides is 3. The van der Waals surface area contributed by atoms with Crippen molar-refractivity contribution < 1.29 is 23.9 Å². The number of esters is 1. The number of ether oxygens (including phenoxy) is 2. The minimum atomic E-state index is -0.700. The molecule has 2 aromatic carbocycles. The first-order valence-electron chi connectivity index (χ1n) is 9.05. The van der Waals surface area contributed by atoms with Crippen LogP contribution in [0.15, 0.2) is 65.9 Å². The van der Waals surface area contributed by atoms with Gasteiger partial charge in [-0.25, -0.2) is 9.59 Å². The Morgan fingerprint density at radius 2 is 1.76 bits per heavy atom. The molecule has 0 spiro atoms. The Bertz CT molecular complexity index is 956. The SMILES string of the molecule is CCOC(=O)C1=C(COc2ccccc2C(N)=O)NC(=O)N[C@H]1c1ccccc1. The van der Waals surface area contributed by atoms with Gasteiger partial charge in [-0.2, -0.15) is 0 Å². The molecule has 29 heavy (non-hydrogen) atoms. The van der Waals surface area contributed by atoms with Crippen LogP contribution in [0, 0.1) is 0 Å². The van der Waals surface area contributed by atoms with Crippen LogP contribution in [0.5, 0.6) is 5.75 Å². The lowest BCUT2D eigenvalue weighted by Gasteiger charge is -2.29. The van der Waals surface area contributed by atoms with Gasteiger partial charge in [0, 0.05) is 0 Å². The first-order chi connectivity index (χ1) is 14.0. The number of primary amides is 1. The van der Waals surface area contributed by atoms with Crippen molar-refractivity contribution in [1.29, 1.82) is 0 Å². The maximum absolute atomic E-state index is 12.7. The largest absolute Gasteiger partial charge is 0.487 e. The van der Waals surface area contributed by atoms with Gasteiger partial charge in [-0.1, -0.05) is 42.5 Å². The summed E-state index contributed by atoms with van der Waals surface area (Å²) >= 11 is 0. The maximum Gasteiger partial charge on any atom is 0.338 e. The van der Waals surface area contributed by atoms with Crippen LogP contribution in [0.25, 0.3) is 0 Å². The molecular weight excluding hydrogens is 374 g/mol. The van der Waals surface area contributed by atoms with Gasteiger partial charge in [0.2, 0.25) is 0 Å². The molecule has 0 saturated carbocycles. The zero-order valence-corrected chi connectivity index (χ0v) is 15.8. The molecule has 0 aliphatic carbocycles. The van der Waals surface area contributed by atoms with E-state index in [1.807, 2.05) is 18.2 Å². The Labute approximate surface area is 167 Å². The second kappa shape index (κ2) is 8.92. The lowest BCUT2D eigenvalue weighted by atomic mass is 9.95. The second-order valence-corrected chi connectivity index (χ2v) is 6.20. The highest BCUT2D eigenvalue weighted by Crippen LogP contribution is 2.28. The number of urea groups is 1. The first-order valence-corrected chi connectivity index (χ1v) is 9.05. The molecule has 0 fully saturated rings. The standard InChI is InChI=1S/C21H21N3O5/c1-2-28-20(26)17-15(12-29-16-11-7-6-10-14(16)19(22)25)23-21(27)24-18(17)13-8-4-3-5-9-13/h3-11,18H,2,12H2,1H3,(H2,22,25)(H2,23,24,27)/t18-/m0/s1. The van der Waals surface area contributed by atoms with Crippen LogP contribution in [0.2, 0.25) is 0 Å². The number of hydrogen-bond donors (Lipinski definition) is 3. The fraction of sp³-hybridized carbons (Fsp3) is 0.190. The van der Waals surface area contributed by atoms with E-state index in [4.69, 9.17) is 15.2 Å². The third-order valence-electron chi connectivity index (χ3n) is 4.31. The Kier molecular flexibility index (Phi) is 6.13. The van der Waals surface area contributed by atoms with Crippen LogP contribution in [0.1, 0.15) is 28.9 Å². The van der Waals surface area contributed by atoms with E-state index in [9.17, 15) is 14.4 Å². The van der Waals surface area contributed by atoms with Crippen molar-refractivity contribution in [2.45, 2.75) is 13.0 Å². The van der Waals surface area contributed by atoms with Gasteiger partial charge in [-0.15, -0.1) is 0 Å². The van der Waals surface area contributed by atoms with Gasteiger partial charge < -0.3 is 25.8 Å². The Hall–Kier alpha value is -3.81. The molecule has 8 heteroatoms. The fourth-order valence-electron chi connectivity index (χ4n) is 3.02. The molecule has 2 aromatic rings. The average molecular weight is 395 g/mol. The normalized spacial score (nSPS) is 15.9. The van der Waals surface area contributed by atoms with Crippen molar-refractivity contribution in [3.05, 3.63) is 77.0 Å². The minimum Gasteiger partial charge on any atom is -0.487 e. The summed E-state index contributed by atoms with van der Waals surface area (Å²) in [5, 5.41) is 5.35. The summed E-state index contributed by atoms with van der Waals surface area (Å²) in [6, 6.07) is 14.4. The van der Waals surface area contributed by atoms with E-state index in [0.29, 0.717) is 0 Å². The Morgan fingerprint density at radius 3 is 2.45 bits per heavy atom. The average Bonchev–Trinajstić information content (AvgIpc) is 2.72. The molecule has 3 amide bonds. The molecule has 0 unspecified atom stereocenters. The molecule has 0 radical (unpaired) electrons. The molecular formula is C21H21N3O5. The Morgan fingerprint density at radius 1 is 1.07 bits per heavy atom. The predicted molar refractivity (Wildman–Crippen MR) is 105 cm³/mol. The van der Waals surface area contributed by atoms with Crippen LogP contribution < -0.4 is 21.1 Å². The lowest BCUT2D eigenvalue weighted by Crippen LogP contribution is -2.47. The van der Waals surface area contributed by atoms with E-state index in [1.165, 1.54) is 6.07 Å². The van der Waals surface area contributed by atoms with Crippen molar-refractivity contribution >= 4 is 17.9 Å². The molecule has 0 aromatic heterocycles. The topological polar surface area (TPSA) is 120 Å². The number of hydrogen-bond acceptors (Lipinski definition) is 5. The number of para-hydroxylation sites is 1. The second-order valence-electron chi connectivity index (χ2n) is 6.20. The summed E-state index contributed by atoms with van der Waals surface area (Å²) < 4.78 is 10.9. The monoisotopic (exact) mass is 395 g/mol. The number of benzene rings is 2. The minimum absolute atomic E-state index is 0.158. The van der Waals surface area contributed by atoms with E-state index in [1.54, 1.807) is 37.3 Å². The summed E-state index contributed by atoms with van der Waals surface area (Å²) in [5.74, 6) is -0.966. The van der Waals surface area contributed by atoms with Crippen molar-refractivity contribution in [1.82, 2.24) is 10.6 Å². The molecule has 1 aliphatic heterocycles. The zero-order valence-electron chi connectivity index (χ0n) is 15.8. The summed E-state index contributed by atoms with van der Waals surface area (Å²) in [6.45, 7) is 1.72. The van der Waals surface area contributed by atoms with Crippen molar-refractivity contribution in [2.75, 3.05) is 13.2 Å². The van der Waals surface area contributed by atoms with E-state index in [-0.39, 0.29) is 35.8 Å². The molecule has 1 heterocycles. The highest BCUT2D eigenvalue weighted by Gasteiger charge is 2.34. The maximum atomic E-state index is 12.7. The van der Waals surface area contributed by atoms with E-state index < -0.39 is 23.9 Å². The van der Waals surface area contributed by atoms with Gasteiger partial charge in [0.25, 0.3) is 5.91 Å². The molecule has 150 valence electrons. The third kappa shape index (κ3) is 4.55.